The predicted molar refractivity (Wildman–Crippen MR) is 94.3 cm³/mol. The summed E-state index contributed by atoms with van der Waals surface area (Å²) in [5, 5.41) is 0. The highest BCUT2D eigenvalue weighted by Gasteiger charge is 2.23. The molecule has 0 radical (unpaired) electrons. The molecular formula is C18H22N2O5. The molecule has 0 aromatic carbocycles. The van der Waals surface area contributed by atoms with Crippen molar-refractivity contribution >= 4 is 5.97 Å². The van der Waals surface area contributed by atoms with Crippen LogP contribution in [-0.2, 0) is 24.8 Å². The molecule has 0 amide bonds. The molecule has 0 bridgehead atoms. The number of esters is 1. The zero-order valence-electron chi connectivity index (χ0n) is 15.1. The predicted octanol–water partition coefficient (Wildman–Crippen LogP) is 1.59. The van der Waals surface area contributed by atoms with Gasteiger partial charge in [-0.15, -0.1) is 0 Å². The second-order valence-electron chi connectivity index (χ2n) is 5.32. The molecule has 3 heterocycles. The Balaban J connectivity index is 0.00000109. The largest absolute Gasteiger partial charge is 0.491 e. The highest BCUT2D eigenvalue weighted by molar-refractivity contribution is 5.89. The van der Waals surface area contributed by atoms with Gasteiger partial charge in [-0.05, 0) is 18.1 Å². The summed E-state index contributed by atoms with van der Waals surface area (Å²) < 4.78 is 13.0. The van der Waals surface area contributed by atoms with Crippen molar-refractivity contribution in [3.8, 4) is 17.1 Å². The lowest BCUT2D eigenvalue weighted by Crippen LogP contribution is -2.28. The van der Waals surface area contributed by atoms with Crippen molar-refractivity contribution in [1.29, 1.82) is 0 Å². The van der Waals surface area contributed by atoms with E-state index in [1.54, 1.807) is 17.7 Å². The van der Waals surface area contributed by atoms with E-state index in [0.717, 1.165) is 5.56 Å². The molecule has 0 N–H and O–H groups in total. The standard InChI is InChI=1S/C16H16N2O5.C2H6/c1-17-14-9(6-13(22-2)15(17)20)4-5-18-8-10(16(21)23-3)12(19)7-11(14)18;1-2/h6-8H,4-5H2,1-3H3;1-2H3. The summed E-state index contributed by atoms with van der Waals surface area (Å²) in [5.74, 6) is -0.395. The van der Waals surface area contributed by atoms with E-state index >= 15 is 0 Å². The van der Waals surface area contributed by atoms with E-state index in [1.807, 2.05) is 13.8 Å². The maximum Gasteiger partial charge on any atom is 0.343 e. The topological polar surface area (TPSA) is 79.5 Å². The van der Waals surface area contributed by atoms with Crippen LogP contribution >= 0.6 is 0 Å². The molecule has 0 fully saturated rings. The summed E-state index contributed by atoms with van der Waals surface area (Å²) in [6, 6.07) is 3.08. The van der Waals surface area contributed by atoms with Gasteiger partial charge in [0.2, 0.25) is 0 Å². The fraction of sp³-hybridized carbons (Fsp3) is 0.389. The van der Waals surface area contributed by atoms with Crippen molar-refractivity contribution in [2.45, 2.75) is 26.8 Å². The van der Waals surface area contributed by atoms with E-state index in [9.17, 15) is 14.4 Å². The molecule has 0 atom stereocenters. The summed E-state index contributed by atoms with van der Waals surface area (Å²) in [5.41, 5.74) is 1.47. The van der Waals surface area contributed by atoms with Crippen LogP contribution in [-0.4, -0.2) is 29.3 Å². The van der Waals surface area contributed by atoms with Gasteiger partial charge < -0.3 is 18.6 Å². The van der Waals surface area contributed by atoms with E-state index in [4.69, 9.17) is 4.74 Å². The van der Waals surface area contributed by atoms with Crippen LogP contribution in [0.25, 0.3) is 11.4 Å². The molecular weight excluding hydrogens is 324 g/mol. The van der Waals surface area contributed by atoms with Gasteiger partial charge in [0.1, 0.15) is 5.56 Å². The Hall–Kier alpha value is -2.83. The van der Waals surface area contributed by atoms with Crippen molar-refractivity contribution in [2.75, 3.05) is 14.2 Å². The first-order valence-corrected chi connectivity index (χ1v) is 8.08. The van der Waals surface area contributed by atoms with Crippen LogP contribution in [0.1, 0.15) is 29.8 Å². The Morgan fingerprint density at radius 2 is 1.84 bits per heavy atom. The smallest absolute Gasteiger partial charge is 0.343 e. The molecule has 25 heavy (non-hydrogen) atoms. The zero-order valence-corrected chi connectivity index (χ0v) is 15.1. The van der Waals surface area contributed by atoms with Crippen molar-refractivity contribution in [3.05, 3.63) is 50.0 Å². The molecule has 0 saturated carbocycles. The Bertz CT molecular complexity index is 924. The molecule has 1 aliphatic rings. The lowest BCUT2D eigenvalue weighted by molar-refractivity contribution is 0.0598. The minimum Gasteiger partial charge on any atom is -0.491 e. The van der Waals surface area contributed by atoms with E-state index in [-0.39, 0.29) is 16.9 Å². The van der Waals surface area contributed by atoms with E-state index in [2.05, 4.69) is 4.74 Å². The third kappa shape index (κ3) is 3.09. The van der Waals surface area contributed by atoms with Crippen LogP contribution in [0.4, 0.5) is 0 Å². The summed E-state index contributed by atoms with van der Waals surface area (Å²) in [4.78, 5) is 36.1. The second kappa shape index (κ2) is 7.38. The molecule has 0 spiro atoms. The molecule has 1 aliphatic heterocycles. The third-order valence-electron chi connectivity index (χ3n) is 4.08. The Morgan fingerprint density at radius 1 is 1.16 bits per heavy atom. The average Bonchev–Trinajstić information content (AvgIpc) is 2.64. The number of aromatic nitrogens is 2. The number of carbonyl (C=O) groups excluding carboxylic acids is 1. The number of fused-ring (bicyclic) bond motifs is 3. The fourth-order valence-electron chi connectivity index (χ4n) is 2.91. The van der Waals surface area contributed by atoms with Gasteiger partial charge in [0, 0.05) is 25.9 Å². The molecule has 0 unspecified atom stereocenters. The van der Waals surface area contributed by atoms with Gasteiger partial charge in [-0.1, -0.05) is 13.8 Å². The monoisotopic (exact) mass is 346 g/mol. The maximum absolute atomic E-state index is 12.3. The molecule has 7 heteroatoms. The minimum atomic E-state index is -0.667. The molecule has 0 saturated heterocycles. The molecule has 0 aliphatic carbocycles. The highest BCUT2D eigenvalue weighted by Crippen LogP contribution is 2.29. The number of carbonyl (C=O) groups is 1. The minimum absolute atomic E-state index is 0.0155. The average molecular weight is 346 g/mol. The van der Waals surface area contributed by atoms with Crippen molar-refractivity contribution in [1.82, 2.24) is 9.13 Å². The number of ether oxygens (including phenoxy) is 2. The van der Waals surface area contributed by atoms with Crippen LogP contribution in [0.5, 0.6) is 5.75 Å². The van der Waals surface area contributed by atoms with Gasteiger partial charge in [-0.2, -0.15) is 0 Å². The van der Waals surface area contributed by atoms with Crippen molar-refractivity contribution < 1.29 is 14.3 Å². The van der Waals surface area contributed by atoms with Crippen LogP contribution < -0.4 is 15.7 Å². The zero-order chi connectivity index (χ0) is 18.7. The third-order valence-corrected chi connectivity index (χ3v) is 4.08. The number of hydrogen-bond acceptors (Lipinski definition) is 5. The maximum atomic E-state index is 12.3. The van der Waals surface area contributed by atoms with Gasteiger partial charge in [0.05, 0.1) is 25.6 Å². The van der Waals surface area contributed by atoms with E-state index in [1.165, 1.54) is 31.0 Å². The lowest BCUT2D eigenvalue weighted by Gasteiger charge is -2.25. The van der Waals surface area contributed by atoms with Gasteiger partial charge in [-0.25, -0.2) is 4.79 Å². The Kier molecular flexibility index (Phi) is 5.46. The van der Waals surface area contributed by atoms with Crippen LogP contribution in [0, 0.1) is 0 Å². The molecule has 3 rings (SSSR count). The van der Waals surface area contributed by atoms with Gasteiger partial charge in [-0.3, -0.25) is 9.59 Å². The summed E-state index contributed by atoms with van der Waals surface area (Å²) in [6.45, 7) is 4.59. The summed E-state index contributed by atoms with van der Waals surface area (Å²) >= 11 is 0. The van der Waals surface area contributed by atoms with E-state index < -0.39 is 11.4 Å². The Morgan fingerprint density at radius 3 is 2.44 bits per heavy atom. The molecule has 134 valence electrons. The number of hydrogen-bond donors (Lipinski definition) is 0. The quantitative estimate of drug-likeness (QED) is 0.772. The summed E-state index contributed by atoms with van der Waals surface area (Å²) in [6.07, 6.45) is 2.15. The second-order valence-corrected chi connectivity index (χ2v) is 5.32. The van der Waals surface area contributed by atoms with Crippen molar-refractivity contribution in [2.24, 2.45) is 7.05 Å². The number of rotatable bonds is 2. The normalized spacial score (nSPS) is 11.6. The molecule has 2 aromatic heterocycles. The number of aryl methyl sites for hydroxylation is 2. The summed E-state index contributed by atoms with van der Waals surface area (Å²) in [7, 11) is 4.32. The van der Waals surface area contributed by atoms with Crippen LogP contribution in [0.2, 0.25) is 0 Å². The first kappa shape index (κ1) is 18.5. The SMILES string of the molecule is CC.COC(=O)c1cn2c(cc1=O)-c1c(cc(OC)c(=O)n1C)CC2. The molecule has 2 aromatic rings. The van der Waals surface area contributed by atoms with Crippen LogP contribution in [0.15, 0.2) is 27.9 Å². The first-order valence-electron chi connectivity index (χ1n) is 8.08. The van der Waals surface area contributed by atoms with E-state index in [0.29, 0.717) is 24.4 Å². The van der Waals surface area contributed by atoms with Crippen molar-refractivity contribution in [3.63, 3.8) is 0 Å². The van der Waals surface area contributed by atoms with Gasteiger partial charge >= 0.3 is 5.97 Å². The number of pyridine rings is 2. The highest BCUT2D eigenvalue weighted by atomic mass is 16.5. The lowest BCUT2D eigenvalue weighted by atomic mass is 10.0. The van der Waals surface area contributed by atoms with Crippen LogP contribution in [0.3, 0.4) is 0 Å². The first-order chi connectivity index (χ1) is 12.0. The number of nitrogens with zero attached hydrogens (tertiary/aromatic N) is 2. The molecule has 7 nitrogen and oxygen atoms in total. The van der Waals surface area contributed by atoms with Gasteiger partial charge in [0.25, 0.3) is 5.56 Å². The Labute approximate surface area is 145 Å². The fourth-order valence-corrected chi connectivity index (χ4v) is 2.91. The van der Waals surface area contributed by atoms with Gasteiger partial charge in [0.15, 0.2) is 11.2 Å². The number of methoxy groups -OCH3 is 2.